The summed E-state index contributed by atoms with van der Waals surface area (Å²) in [5.74, 6) is -1.25. The number of hydrogen-bond acceptors (Lipinski definition) is 13. The van der Waals surface area contributed by atoms with Crippen LogP contribution < -0.4 is 5.73 Å². The fourth-order valence-electron chi connectivity index (χ4n) is 3.16. The second-order valence-electron chi connectivity index (χ2n) is 6.52. The van der Waals surface area contributed by atoms with Gasteiger partial charge in [-0.3, -0.25) is 23.2 Å². The van der Waals surface area contributed by atoms with Gasteiger partial charge < -0.3 is 15.6 Å². The molecule has 5 atom stereocenters. The molecule has 16 heteroatoms. The molecule has 0 aromatic carbocycles. The molecule has 0 bridgehead atoms. The lowest BCUT2D eigenvalue weighted by molar-refractivity contribution is -0.133. The highest BCUT2D eigenvalue weighted by molar-refractivity contribution is 9.09. The molecule has 0 amide bonds. The zero-order valence-electron chi connectivity index (χ0n) is 15.9. The minimum Gasteiger partial charge on any atom is -0.386 e. The molecular weight excluding hydrogens is 537 g/mol. The smallest absolute Gasteiger partial charge is 0.386 e. The number of carbonyl (C=O) groups excluding carboxylic acids is 2. The quantitative estimate of drug-likeness (QED) is 0.217. The van der Waals surface area contributed by atoms with Gasteiger partial charge in [0.1, 0.15) is 24.6 Å². The number of aliphatic hydroxyl groups excluding tert-OH is 1. The first-order valence-corrected chi connectivity index (χ1v) is 14.3. The first kappa shape index (κ1) is 23.1. The van der Waals surface area contributed by atoms with Crippen molar-refractivity contribution in [2.75, 3.05) is 29.7 Å². The highest BCUT2D eigenvalue weighted by Crippen LogP contribution is 2.64. The first-order chi connectivity index (χ1) is 14.8. The van der Waals surface area contributed by atoms with Crippen molar-refractivity contribution in [1.29, 1.82) is 0 Å². The number of Topliss-reactive ketones (excluding diaryl/α,β-unsaturated/α-hetero) is 2. The highest BCUT2D eigenvalue weighted by Gasteiger charge is 2.53. The summed E-state index contributed by atoms with van der Waals surface area (Å²) in [5, 5.41) is 11.1. The predicted octanol–water partition coefficient (Wildman–Crippen LogP) is 1.18. The third kappa shape index (κ3) is 4.29. The molecular formula is C15H17BrN5O7PS2. The van der Waals surface area contributed by atoms with Crippen molar-refractivity contribution < 1.29 is 33.0 Å². The number of aliphatic hydroxyl groups is 1. The number of hydrogen-bond donors (Lipinski definition) is 2. The molecule has 3 unspecified atom stereocenters. The Labute approximate surface area is 192 Å². The maximum absolute atomic E-state index is 12.5. The van der Waals surface area contributed by atoms with E-state index in [-0.39, 0.29) is 39.8 Å². The molecule has 2 aromatic heterocycles. The summed E-state index contributed by atoms with van der Waals surface area (Å²) in [6.07, 6.45) is -1.02. The zero-order chi connectivity index (χ0) is 22.3. The monoisotopic (exact) mass is 553 g/mol. The maximum Gasteiger partial charge on any atom is 0.389 e. The first-order valence-electron chi connectivity index (χ1n) is 8.83. The summed E-state index contributed by atoms with van der Waals surface area (Å²) in [6.45, 7) is -3.43. The number of aromatic nitrogens is 4. The Hall–Kier alpha value is -1.06. The Morgan fingerprint density at radius 2 is 2.19 bits per heavy atom. The van der Waals surface area contributed by atoms with E-state index in [1.807, 2.05) is 0 Å². The second-order valence-corrected chi connectivity index (χ2v) is 12.2. The number of ketones is 2. The number of ether oxygens (including phenoxy) is 1. The highest BCUT2D eigenvalue weighted by atomic mass is 79.9. The van der Waals surface area contributed by atoms with Crippen LogP contribution in [0.4, 0.5) is 5.82 Å². The average Bonchev–Trinajstić information content (AvgIpc) is 3.29. The van der Waals surface area contributed by atoms with Crippen LogP contribution in [0.2, 0.25) is 0 Å². The van der Waals surface area contributed by atoms with Crippen LogP contribution in [0.5, 0.6) is 0 Å². The van der Waals surface area contributed by atoms with Crippen molar-refractivity contribution in [2.24, 2.45) is 0 Å². The molecule has 31 heavy (non-hydrogen) atoms. The van der Waals surface area contributed by atoms with E-state index in [0.717, 1.165) is 23.1 Å². The average molecular weight is 554 g/mol. The van der Waals surface area contributed by atoms with Gasteiger partial charge in [0, 0.05) is 0 Å². The minimum atomic E-state index is -3.40. The Morgan fingerprint density at radius 3 is 2.90 bits per heavy atom. The van der Waals surface area contributed by atoms with Crippen molar-refractivity contribution in [3.63, 3.8) is 0 Å². The standard InChI is InChI=1S/C15H17BrN5O7PS2/c1-30-29(25)26-3-8-11(28-29)10(24)14(27-8)21-13-9(12(17)18-5-19-13)20-15(21)31-4-7(23)6(22)2-16/h5,8,10-11,14,24H,2-4H2,1H3,(H2,17,18,19)/t8?,10-,11?,14-,29?/m0/s1. The molecule has 3 N–H and O–H groups in total. The topological polar surface area (TPSA) is 169 Å². The number of rotatable bonds is 7. The van der Waals surface area contributed by atoms with E-state index >= 15 is 0 Å². The Bertz CT molecular complexity index is 1090. The number of anilines is 1. The number of halogens is 1. The number of thioether (sulfide) groups is 1. The van der Waals surface area contributed by atoms with Gasteiger partial charge in [-0.1, -0.05) is 27.7 Å². The van der Waals surface area contributed by atoms with Gasteiger partial charge in [-0.25, -0.2) is 19.5 Å². The van der Waals surface area contributed by atoms with Crippen molar-refractivity contribution in [3.05, 3.63) is 6.33 Å². The van der Waals surface area contributed by atoms with Crippen LogP contribution in [0.3, 0.4) is 0 Å². The molecule has 4 heterocycles. The second kappa shape index (κ2) is 9.06. The van der Waals surface area contributed by atoms with Gasteiger partial charge in [0.05, 0.1) is 17.7 Å². The largest absolute Gasteiger partial charge is 0.389 e. The van der Waals surface area contributed by atoms with Gasteiger partial charge in [0.2, 0.25) is 11.6 Å². The summed E-state index contributed by atoms with van der Waals surface area (Å²) in [4.78, 5) is 36.1. The summed E-state index contributed by atoms with van der Waals surface area (Å²) in [5.41, 5.74) is 6.44. The van der Waals surface area contributed by atoms with Crippen molar-refractivity contribution in [2.45, 2.75) is 29.7 Å². The van der Waals surface area contributed by atoms with Gasteiger partial charge in [-0.2, -0.15) is 0 Å². The van der Waals surface area contributed by atoms with E-state index < -0.39 is 42.9 Å². The predicted molar refractivity (Wildman–Crippen MR) is 116 cm³/mol. The number of nitrogen functional groups attached to an aromatic ring is 1. The van der Waals surface area contributed by atoms with Crippen LogP contribution in [-0.2, 0) is 27.9 Å². The summed E-state index contributed by atoms with van der Waals surface area (Å²) in [7, 11) is 0. The zero-order valence-corrected chi connectivity index (χ0v) is 20.0. The van der Waals surface area contributed by atoms with Gasteiger partial charge in [0.25, 0.3) is 0 Å². The lowest BCUT2D eigenvalue weighted by Gasteiger charge is -2.30. The van der Waals surface area contributed by atoms with Crippen LogP contribution in [0, 0.1) is 0 Å². The summed E-state index contributed by atoms with van der Waals surface area (Å²) in [6, 6.07) is 0. The number of alkyl halides is 1. The Balaban J connectivity index is 1.69. The third-order valence-corrected chi connectivity index (χ3v) is 9.47. The molecule has 2 aliphatic heterocycles. The van der Waals surface area contributed by atoms with Crippen LogP contribution >= 0.6 is 45.9 Å². The van der Waals surface area contributed by atoms with Crippen LogP contribution in [-0.4, -0.2) is 78.4 Å². The van der Waals surface area contributed by atoms with Crippen molar-refractivity contribution in [3.8, 4) is 0 Å². The molecule has 4 rings (SSSR count). The number of fused-ring (bicyclic) bond motifs is 2. The number of nitrogens with two attached hydrogens (primary N) is 1. The summed E-state index contributed by atoms with van der Waals surface area (Å²) >= 11 is 4.87. The Kier molecular flexibility index (Phi) is 6.75. The molecule has 0 spiro atoms. The fourth-order valence-corrected chi connectivity index (χ4v) is 6.57. The van der Waals surface area contributed by atoms with Gasteiger partial charge in [-0.05, 0) is 17.6 Å². The third-order valence-electron chi connectivity index (χ3n) is 4.67. The number of carbonyl (C=O) groups is 2. The van der Waals surface area contributed by atoms with E-state index in [1.54, 1.807) is 6.26 Å². The maximum atomic E-state index is 12.5. The fraction of sp³-hybridized carbons (Fsp3) is 0.533. The molecule has 2 fully saturated rings. The SMILES string of the molecule is CSP1(=O)OCC2O[C@H](n3c(SCC(=O)C(=O)CBr)nc4c(N)ncnc43)[C@@H](O)C2O1. The van der Waals surface area contributed by atoms with Gasteiger partial charge in [0.15, 0.2) is 28.4 Å². The van der Waals surface area contributed by atoms with Crippen LogP contribution in [0.1, 0.15) is 6.23 Å². The molecule has 0 radical (unpaired) electrons. The van der Waals surface area contributed by atoms with E-state index in [4.69, 9.17) is 19.5 Å². The van der Waals surface area contributed by atoms with Crippen LogP contribution in [0.15, 0.2) is 11.5 Å². The molecule has 2 aliphatic rings. The lowest BCUT2D eigenvalue weighted by atomic mass is 10.1. The Morgan fingerprint density at radius 1 is 1.42 bits per heavy atom. The van der Waals surface area contributed by atoms with E-state index in [2.05, 4.69) is 30.9 Å². The van der Waals surface area contributed by atoms with Crippen molar-refractivity contribution >= 4 is 74.4 Å². The summed E-state index contributed by atoms with van der Waals surface area (Å²) < 4.78 is 30.7. The molecule has 12 nitrogen and oxygen atoms in total. The molecule has 0 aliphatic carbocycles. The molecule has 2 saturated heterocycles. The van der Waals surface area contributed by atoms with E-state index in [0.29, 0.717) is 0 Å². The molecule has 2 aromatic rings. The normalized spacial score (nSPS) is 30.4. The lowest BCUT2D eigenvalue weighted by Crippen LogP contribution is -2.38. The molecule has 0 saturated carbocycles. The van der Waals surface area contributed by atoms with E-state index in [1.165, 1.54) is 10.9 Å². The van der Waals surface area contributed by atoms with Gasteiger partial charge in [-0.15, -0.1) is 0 Å². The molecule has 168 valence electrons. The minimum absolute atomic E-state index is 0.0270. The number of imidazole rings is 1. The number of nitrogens with zero attached hydrogens (tertiary/aromatic N) is 4. The van der Waals surface area contributed by atoms with E-state index in [9.17, 15) is 19.3 Å². The van der Waals surface area contributed by atoms with Gasteiger partial charge >= 0.3 is 6.80 Å². The van der Waals surface area contributed by atoms with Crippen molar-refractivity contribution in [1.82, 2.24) is 19.5 Å². The van der Waals surface area contributed by atoms with Crippen LogP contribution in [0.25, 0.3) is 11.2 Å².